The van der Waals surface area contributed by atoms with E-state index in [-0.39, 0.29) is 21.9 Å². The topological polar surface area (TPSA) is 114 Å². The number of halogens is 1. The Kier molecular flexibility index (Phi) is 8.09. The van der Waals surface area contributed by atoms with Crippen LogP contribution in [-0.2, 0) is 10.0 Å². The van der Waals surface area contributed by atoms with E-state index < -0.39 is 21.9 Å². The van der Waals surface area contributed by atoms with Crippen LogP contribution in [0.4, 0.5) is 5.69 Å². The molecule has 0 unspecified atom stereocenters. The summed E-state index contributed by atoms with van der Waals surface area (Å²) in [5.74, 6) is -0.938. The maximum absolute atomic E-state index is 13.1. The molecule has 5 aromatic carbocycles. The number of nitrogens with one attached hydrogen (secondary N) is 2. The van der Waals surface area contributed by atoms with E-state index in [1.165, 1.54) is 42.6 Å². The van der Waals surface area contributed by atoms with Crippen LogP contribution in [0.1, 0.15) is 26.3 Å². The van der Waals surface area contributed by atoms with Crippen LogP contribution < -0.4 is 14.9 Å². The molecule has 2 N–H and O–H groups in total. The minimum atomic E-state index is -3.99. The summed E-state index contributed by atoms with van der Waals surface area (Å²) in [5.41, 5.74) is 3.41. The Morgan fingerprint density at radius 2 is 1.46 bits per heavy atom. The van der Waals surface area contributed by atoms with Gasteiger partial charge in [-0.2, -0.15) is 5.10 Å². The van der Waals surface area contributed by atoms with Crippen molar-refractivity contribution in [2.24, 2.45) is 5.10 Å². The molecule has 0 aromatic heterocycles. The van der Waals surface area contributed by atoms with E-state index in [9.17, 15) is 18.0 Å². The normalized spacial score (nSPS) is 11.3. The third kappa shape index (κ3) is 6.43. The number of amides is 1. The number of benzene rings is 5. The summed E-state index contributed by atoms with van der Waals surface area (Å²) in [7, 11) is -3.99. The smallest absolute Gasteiger partial charge is 0.343 e. The maximum Gasteiger partial charge on any atom is 0.343 e. The number of hydrogen-bond donors (Lipinski definition) is 2. The van der Waals surface area contributed by atoms with Gasteiger partial charge >= 0.3 is 5.97 Å². The number of para-hydroxylation sites is 1. The summed E-state index contributed by atoms with van der Waals surface area (Å²) in [5, 5.41) is 6.13. The summed E-state index contributed by atoms with van der Waals surface area (Å²) < 4.78 is 33.9. The van der Waals surface area contributed by atoms with Crippen molar-refractivity contribution < 1.29 is 22.7 Å². The lowest BCUT2D eigenvalue weighted by Crippen LogP contribution is -2.21. The number of ether oxygens (including phenoxy) is 1. The highest BCUT2D eigenvalue weighted by Gasteiger charge is 2.19. The average Bonchev–Trinajstić information content (AvgIpc) is 2.98. The van der Waals surface area contributed by atoms with Gasteiger partial charge < -0.3 is 4.74 Å². The number of anilines is 1. The first-order chi connectivity index (χ1) is 19.8. The third-order valence-corrected chi connectivity index (χ3v) is 7.68. The van der Waals surface area contributed by atoms with Gasteiger partial charge in [-0.25, -0.2) is 18.6 Å². The Labute approximate surface area is 241 Å². The highest BCUT2D eigenvalue weighted by Crippen LogP contribution is 2.28. The molecule has 1 amide bonds. The van der Waals surface area contributed by atoms with Crippen molar-refractivity contribution in [1.29, 1.82) is 0 Å². The minimum absolute atomic E-state index is 0.0105. The molecule has 0 bridgehead atoms. The number of hydrazone groups is 1. The quantitative estimate of drug-likeness (QED) is 0.0966. The number of rotatable bonds is 8. The van der Waals surface area contributed by atoms with E-state index in [2.05, 4.69) is 15.2 Å². The van der Waals surface area contributed by atoms with Gasteiger partial charge in [0.15, 0.2) is 0 Å². The number of fused-ring (bicyclic) bond motifs is 1. The van der Waals surface area contributed by atoms with Crippen LogP contribution in [0.15, 0.2) is 125 Å². The fourth-order valence-electron chi connectivity index (χ4n) is 4.03. The van der Waals surface area contributed by atoms with Gasteiger partial charge in [-0.05, 0) is 65.4 Å². The molecule has 0 saturated heterocycles. The minimum Gasteiger partial charge on any atom is -0.422 e. The van der Waals surface area contributed by atoms with Crippen molar-refractivity contribution in [2.75, 3.05) is 4.72 Å². The number of carbonyl (C=O) groups is 2. The summed E-state index contributed by atoms with van der Waals surface area (Å²) in [6.07, 6.45) is 1.38. The van der Waals surface area contributed by atoms with Gasteiger partial charge in [0.25, 0.3) is 15.9 Å². The SMILES string of the molecule is O=C(Oc1ccc2ccccc2c1/C=N\NC(=O)c1ccccc1NS(=O)(=O)c1ccc(Cl)cc1)c1ccccc1. The predicted octanol–water partition coefficient (Wildman–Crippen LogP) is 6.28. The number of hydrogen-bond acceptors (Lipinski definition) is 6. The van der Waals surface area contributed by atoms with Gasteiger partial charge in [0.05, 0.1) is 27.9 Å². The van der Waals surface area contributed by atoms with E-state index in [0.29, 0.717) is 16.1 Å². The molecule has 10 heteroatoms. The predicted molar refractivity (Wildman–Crippen MR) is 159 cm³/mol. The molecule has 5 aromatic rings. The van der Waals surface area contributed by atoms with Gasteiger partial charge in [-0.3, -0.25) is 9.52 Å². The zero-order valence-corrected chi connectivity index (χ0v) is 22.9. The van der Waals surface area contributed by atoms with Crippen molar-refractivity contribution in [3.63, 3.8) is 0 Å². The largest absolute Gasteiger partial charge is 0.422 e. The molecule has 5 rings (SSSR count). The summed E-state index contributed by atoms with van der Waals surface area (Å²) in [4.78, 5) is 25.8. The van der Waals surface area contributed by atoms with Crippen molar-refractivity contribution in [1.82, 2.24) is 5.43 Å². The maximum atomic E-state index is 13.1. The highest BCUT2D eigenvalue weighted by molar-refractivity contribution is 7.92. The fourth-order valence-corrected chi connectivity index (χ4v) is 5.24. The zero-order valence-electron chi connectivity index (χ0n) is 21.3. The van der Waals surface area contributed by atoms with E-state index in [1.807, 2.05) is 30.3 Å². The lowest BCUT2D eigenvalue weighted by atomic mass is 10.0. The fraction of sp³-hybridized carbons (Fsp3) is 0. The lowest BCUT2D eigenvalue weighted by molar-refractivity contribution is 0.0734. The molecule has 0 aliphatic carbocycles. The van der Waals surface area contributed by atoms with Crippen molar-refractivity contribution in [2.45, 2.75) is 4.90 Å². The molecule has 0 atom stereocenters. The van der Waals surface area contributed by atoms with Crippen molar-refractivity contribution >= 4 is 56.2 Å². The lowest BCUT2D eigenvalue weighted by Gasteiger charge is -2.12. The molecular weight excluding hydrogens is 562 g/mol. The van der Waals surface area contributed by atoms with Gasteiger partial charge in [-0.15, -0.1) is 0 Å². The van der Waals surface area contributed by atoms with Crippen LogP contribution in [0.25, 0.3) is 10.8 Å². The molecule has 8 nitrogen and oxygen atoms in total. The molecule has 0 fully saturated rings. The van der Waals surface area contributed by atoms with Crippen LogP contribution in [-0.4, -0.2) is 26.5 Å². The van der Waals surface area contributed by atoms with Crippen LogP contribution in [0, 0.1) is 0 Å². The van der Waals surface area contributed by atoms with Crippen LogP contribution >= 0.6 is 11.6 Å². The molecule has 0 heterocycles. The van der Waals surface area contributed by atoms with Crippen LogP contribution in [0.3, 0.4) is 0 Å². The molecule has 204 valence electrons. The number of sulfonamides is 1. The molecule has 0 radical (unpaired) electrons. The second-order valence-electron chi connectivity index (χ2n) is 8.76. The monoisotopic (exact) mass is 583 g/mol. The Hall–Kier alpha value is -4.99. The second-order valence-corrected chi connectivity index (χ2v) is 10.9. The molecular formula is C31H22ClN3O5S. The summed E-state index contributed by atoms with van der Waals surface area (Å²) in [6, 6.07) is 31.3. The molecule has 0 saturated carbocycles. The van der Waals surface area contributed by atoms with Crippen molar-refractivity contribution in [3.8, 4) is 5.75 Å². The summed E-state index contributed by atoms with van der Waals surface area (Å²) in [6.45, 7) is 0. The third-order valence-electron chi connectivity index (χ3n) is 6.04. The number of esters is 1. The Morgan fingerprint density at radius 3 is 2.24 bits per heavy atom. The molecule has 0 spiro atoms. The van der Waals surface area contributed by atoms with Gasteiger partial charge in [-0.1, -0.05) is 72.3 Å². The Balaban J connectivity index is 1.39. The van der Waals surface area contributed by atoms with E-state index in [0.717, 1.165) is 10.8 Å². The number of carbonyl (C=O) groups excluding carboxylic acids is 2. The van der Waals surface area contributed by atoms with E-state index in [4.69, 9.17) is 16.3 Å². The van der Waals surface area contributed by atoms with Crippen LogP contribution in [0.5, 0.6) is 5.75 Å². The highest BCUT2D eigenvalue weighted by atomic mass is 35.5. The van der Waals surface area contributed by atoms with Crippen LogP contribution in [0.2, 0.25) is 5.02 Å². The Bertz CT molecular complexity index is 1880. The standard InChI is InChI=1S/C31H22ClN3O5S/c32-23-15-17-24(18-16-23)41(38,39)35-28-13-7-6-12-26(28)30(36)34-33-20-27-25-11-5-4-8-21(25)14-19-29(27)40-31(37)22-9-2-1-3-10-22/h1-20,35H,(H,34,36)/b33-20-. The zero-order chi connectivity index (χ0) is 28.8. The van der Waals surface area contributed by atoms with Gasteiger partial charge in [0, 0.05) is 10.6 Å². The first-order valence-corrected chi connectivity index (χ1v) is 14.2. The van der Waals surface area contributed by atoms with E-state index >= 15 is 0 Å². The van der Waals surface area contributed by atoms with Crippen molar-refractivity contribution in [3.05, 3.63) is 137 Å². The first-order valence-electron chi connectivity index (χ1n) is 12.3. The van der Waals surface area contributed by atoms with Gasteiger partial charge in [0.2, 0.25) is 0 Å². The Morgan fingerprint density at radius 1 is 0.780 bits per heavy atom. The first kappa shape index (κ1) is 27.6. The van der Waals surface area contributed by atoms with Gasteiger partial charge in [0.1, 0.15) is 5.75 Å². The second kappa shape index (κ2) is 12.0. The molecule has 41 heavy (non-hydrogen) atoms. The molecule has 0 aliphatic rings. The number of nitrogens with zero attached hydrogens (tertiary/aromatic N) is 1. The molecule has 0 aliphatic heterocycles. The van der Waals surface area contributed by atoms with E-state index in [1.54, 1.807) is 48.5 Å². The summed E-state index contributed by atoms with van der Waals surface area (Å²) >= 11 is 5.87. The average molecular weight is 584 g/mol.